The van der Waals surface area contributed by atoms with Crippen LogP contribution in [0.1, 0.15) is 52.4 Å². The fraction of sp³-hybridized carbons (Fsp3) is 0.385. The van der Waals surface area contributed by atoms with Gasteiger partial charge in [-0.2, -0.15) is 0 Å². The highest BCUT2D eigenvalue weighted by Crippen LogP contribution is 2.29. The Morgan fingerprint density at radius 2 is 1.81 bits per heavy atom. The molecule has 6 heteroatoms. The molecule has 1 aliphatic rings. The lowest BCUT2D eigenvalue weighted by atomic mass is 9.95. The van der Waals surface area contributed by atoms with Crippen molar-refractivity contribution in [3.63, 3.8) is 0 Å². The van der Waals surface area contributed by atoms with Crippen LogP contribution in [0.4, 0.5) is 0 Å². The number of nitrogens with one attached hydrogen (secondary N) is 1. The molecule has 0 aliphatic carbocycles. The molecule has 0 radical (unpaired) electrons. The van der Waals surface area contributed by atoms with Gasteiger partial charge in [-0.15, -0.1) is 0 Å². The van der Waals surface area contributed by atoms with Gasteiger partial charge in [-0.3, -0.25) is 9.59 Å². The number of ether oxygens (including phenoxy) is 1. The number of hydrogen-bond donors (Lipinski definition) is 1. The van der Waals surface area contributed by atoms with E-state index < -0.39 is 0 Å². The van der Waals surface area contributed by atoms with Crippen molar-refractivity contribution in [2.45, 2.75) is 39.7 Å². The van der Waals surface area contributed by atoms with E-state index in [1.54, 1.807) is 6.26 Å². The van der Waals surface area contributed by atoms with Crippen LogP contribution >= 0.6 is 0 Å². The molecule has 0 spiro atoms. The number of furan rings is 1. The molecule has 2 aromatic carbocycles. The SMILES string of the molecule is Cc1cc2occ(CC(=O)NCc3ccc(C(=O)N4CCOCC4)cc3)c2cc1C(C)C. The second kappa shape index (κ2) is 9.57. The van der Waals surface area contributed by atoms with Gasteiger partial charge in [-0.1, -0.05) is 26.0 Å². The molecule has 0 saturated carbocycles. The summed E-state index contributed by atoms with van der Waals surface area (Å²) >= 11 is 0. The highest BCUT2D eigenvalue weighted by Gasteiger charge is 2.18. The Hall–Kier alpha value is -3.12. The van der Waals surface area contributed by atoms with E-state index in [0.717, 1.165) is 22.1 Å². The van der Waals surface area contributed by atoms with Gasteiger partial charge in [0.15, 0.2) is 0 Å². The fourth-order valence-electron chi connectivity index (χ4n) is 4.15. The second-order valence-electron chi connectivity index (χ2n) is 8.68. The average Bonchev–Trinajstić information content (AvgIpc) is 3.18. The van der Waals surface area contributed by atoms with Crippen LogP contribution in [0.15, 0.2) is 47.1 Å². The number of benzene rings is 2. The van der Waals surface area contributed by atoms with Crippen LogP contribution < -0.4 is 5.32 Å². The van der Waals surface area contributed by atoms with Crippen molar-refractivity contribution in [2.24, 2.45) is 0 Å². The Morgan fingerprint density at radius 1 is 1.09 bits per heavy atom. The Morgan fingerprint density at radius 3 is 2.50 bits per heavy atom. The van der Waals surface area contributed by atoms with Gasteiger partial charge in [0.25, 0.3) is 5.91 Å². The van der Waals surface area contributed by atoms with Crippen LogP contribution in [0.3, 0.4) is 0 Å². The minimum Gasteiger partial charge on any atom is -0.464 e. The Kier molecular flexibility index (Phi) is 6.61. The third-order valence-corrected chi connectivity index (χ3v) is 6.00. The molecular weight excluding hydrogens is 404 g/mol. The lowest BCUT2D eigenvalue weighted by molar-refractivity contribution is -0.120. The van der Waals surface area contributed by atoms with Crippen molar-refractivity contribution < 1.29 is 18.7 Å². The summed E-state index contributed by atoms with van der Waals surface area (Å²) in [5.41, 5.74) is 5.79. The van der Waals surface area contributed by atoms with Gasteiger partial charge in [0, 0.05) is 36.1 Å². The Labute approximate surface area is 188 Å². The largest absolute Gasteiger partial charge is 0.464 e. The summed E-state index contributed by atoms with van der Waals surface area (Å²) in [5, 5.41) is 3.97. The van der Waals surface area contributed by atoms with E-state index >= 15 is 0 Å². The summed E-state index contributed by atoms with van der Waals surface area (Å²) in [6.07, 6.45) is 1.95. The maximum Gasteiger partial charge on any atom is 0.254 e. The molecule has 3 aromatic rings. The summed E-state index contributed by atoms with van der Waals surface area (Å²) in [7, 11) is 0. The van der Waals surface area contributed by atoms with Gasteiger partial charge >= 0.3 is 0 Å². The second-order valence-corrected chi connectivity index (χ2v) is 8.68. The van der Waals surface area contributed by atoms with Crippen molar-refractivity contribution in [1.82, 2.24) is 10.2 Å². The Balaban J connectivity index is 1.36. The number of amides is 2. The molecule has 1 N–H and O–H groups in total. The third-order valence-electron chi connectivity index (χ3n) is 6.00. The summed E-state index contributed by atoms with van der Waals surface area (Å²) in [5.74, 6) is 0.369. The lowest BCUT2D eigenvalue weighted by Gasteiger charge is -2.26. The van der Waals surface area contributed by atoms with Gasteiger partial charge in [-0.25, -0.2) is 0 Å². The van der Waals surface area contributed by atoms with Crippen molar-refractivity contribution in [1.29, 1.82) is 0 Å². The number of morpholine rings is 1. The van der Waals surface area contributed by atoms with Gasteiger partial charge < -0.3 is 19.4 Å². The van der Waals surface area contributed by atoms with E-state index in [0.29, 0.717) is 44.3 Å². The summed E-state index contributed by atoms with van der Waals surface area (Å²) in [6.45, 7) is 9.25. The monoisotopic (exact) mass is 434 g/mol. The van der Waals surface area contributed by atoms with Crippen molar-refractivity contribution >= 4 is 22.8 Å². The van der Waals surface area contributed by atoms with Crippen molar-refractivity contribution in [3.05, 3.63) is 70.5 Å². The molecular formula is C26H30N2O4. The zero-order valence-electron chi connectivity index (χ0n) is 18.9. The first-order valence-electron chi connectivity index (χ1n) is 11.2. The average molecular weight is 435 g/mol. The predicted octanol–water partition coefficient (Wildman–Crippen LogP) is 4.20. The number of carbonyl (C=O) groups excluding carboxylic acids is 2. The number of fused-ring (bicyclic) bond motifs is 1. The molecule has 2 heterocycles. The van der Waals surface area contributed by atoms with E-state index in [1.807, 2.05) is 35.2 Å². The summed E-state index contributed by atoms with van der Waals surface area (Å²) in [6, 6.07) is 11.6. The molecule has 4 rings (SSSR count). The maximum atomic E-state index is 12.6. The van der Waals surface area contributed by atoms with Crippen molar-refractivity contribution in [2.75, 3.05) is 26.3 Å². The van der Waals surface area contributed by atoms with Crippen LogP contribution in [-0.4, -0.2) is 43.0 Å². The topological polar surface area (TPSA) is 71.8 Å². The highest BCUT2D eigenvalue weighted by atomic mass is 16.5. The first kappa shape index (κ1) is 22.1. The van der Waals surface area contributed by atoms with E-state index in [2.05, 4.69) is 32.2 Å². The lowest BCUT2D eigenvalue weighted by Crippen LogP contribution is -2.40. The summed E-state index contributed by atoms with van der Waals surface area (Å²) in [4.78, 5) is 26.9. The molecule has 32 heavy (non-hydrogen) atoms. The van der Waals surface area contributed by atoms with E-state index in [1.165, 1.54) is 11.1 Å². The van der Waals surface area contributed by atoms with Gasteiger partial charge in [0.1, 0.15) is 5.58 Å². The Bertz CT molecular complexity index is 1110. The number of carbonyl (C=O) groups is 2. The molecule has 2 amide bonds. The molecule has 1 fully saturated rings. The molecule has 6 nitrogen and oxygen atoms in total. The normalized spacial score (nSPS) is 14.2. The molecule has 1 aromatic heterocycles. The van der Waals surface area contributed by atoms with Gasteiger partial charge in [0.05, 0.1) is 25.9 Å². The first-order chi connectivity index (χ1) is 15.4. The van der Waals surface area contributed by atoms with Crippen LogP contribution in [0.2, 0.25) is 0 Å². The maximum absolute atomic E-state index is 12.6. The van der Waals surface area contributed by atoms with E-state index in [4.69, 9.17) is 9.15 Å². The number of hydrogen-bond acceptors (Lipinski definition) is 4. The van der Waals surface area contributed by atoms with Gasteiger partial charge in [0.2, 0.25) is 5.91 Å². The molecule has 1 aliphatic heterocycles. The standard InChI is InChI=1S/C26H30N2O4/c1-17(2)22-14-23-21(16-32-24(23)12-18(22)3)13-25(29)27-15-19-4-6-20(7-5-19)26(30)28-8-10-31-11-9-28/h4-7,12,14,16-17H,8-11,13,15H2,1-3H3,(H,27,29). The smallest absolute Gasteiger partial charge is 0.254 e. The van der Waals surface area contributed by atoms with Crippen LogP contribution in [0.5, 0.6) is 0 Å². The quantitative estimate of drug-likeness (QED) is 0.631. The van der Waals surface area contributed by atoms with Crippen molar-refractivity contribution in [3.8, 4) is 0 Å². The molecule has 0 atom stereocenters. The van der Waals surface area contributed by atoms with Crippen LogP contribution in [0, 0.1) is 6.92 Å². The molecule has 0 unspecified atom stereocenters. The predicted molar refractivity (Wildman–Crippen MR) is 124 cm³/mol. The number of nitrogens with zero attached hydrogens (tertiary/aromatic N) is 1. The number of aryl methyl sites for hydroxylation is 1. The summed E-state index contributed by atoms with van der Waals surface area (Å²) < 4.78 is 11.0. The minimum absolute atomic E-state index is 0.0201. The molecule has 168 valence electrons. The van der Waals surface area contributed by atoms with Crippen LogP contribution in [0.25, 0.3) is 11.0 Å². The zero-order valence-corrected chi connectivity index (χ0v) is 18.9. The van der Waals surface area contributed by atoms with Gasteiger partial charge in [-0.05, 0) is 53.8 Å². The third kappa shape index (κ3) is 4.86. The van der Waals surface area contributed by atoms with Crippen LogP contribution in [-0.2, 0) is 22.5 Å². The minimum atomic E-state index is -0.0622. The highest BCUT2D eigenvalue weighted by molar-refractivity contribution is 5.94. The molecule has 1 saturated heterocycles. The first-order valence-corrected chi connectivity index (χ1v) is 11.2. The van der Waals surface area contributed by atoms with E-state index in [-0.39, 0.29) is 18.2 Å². The van der Waals surface area contributed by atoms with E-state index in [9.17, 15) is 9.59 Å². The zero-order chi connectivity index (χ0) is 22.7. The number of rotatable bonds is 6. The fourth-order valence-corrected chi connectivity index (χ4v) is 4.15. The molecule has 0 bridgehead atoms.